The molecule has 0 amide bonds. The molecule has 0 aliphatic rings. The smallest absolute Gasteiger partial charge is 0.198 e. The highest BCUT2D eigenvalue weighted by atomic mass is 19.1. The number of carbonyl (C=O) groups excluding carboxylic acids is 1. The lowest BCUT2D eigenvalue weighted by Gasteiger charge is -2.06. The number of benzene rings is 1. The predicted octanol–water partition coefficient (Wildman–Crippen LogP) is 3.00. The molecule has 0 radical (unpaired) electrons. The van der Waals surface area contributed by atoms with Crippen LogP contribution < -0.4 is 0 Å². The van der Waals surface area contributed by atoms with Crippen LogP contribution in [0.2, 0.25) is 0 Å². The van der Waals surface area contributed by atoms with Gasteiger partial charge in [0, 0.05) is 24.8 Å². The monoisotopic (exact) mass is 256 g/mol. The van der Waals surface area contributed by atoms with Crippen LogP contribution in [0.1, 0.15) is 10.5 Å². The number of hydrogen-bond acceptors (Lipinski definition) is 1. The molecule has 19 heavy (non-hydrogen) atoms. The molecule has 0 unspecified atom stereocenters. The van der Waals surface area contributed by atoms with Gasteiger partial charge in [-0.15, -0.1) is 0 Å². The Morgan fingerprint density at radius 3 is 2.74 bits per heavy atom. The van der Waals surface area contributed by atoms with E-state index in [0.717, 1.165) is 5.52 Å². The van der Waals surface area contributed by atoms with Crippen molar-refractivity contribution in [2.45, 2.75) is 6.54 Å². The Balaban J connectivity index is 1.96. The van der Waals surface area contributed by atoms with Crippen LogP contribution in [0.4, 0.5) is 4.39 Å². The van der Waals surface area contributed by atoms with Gasteiger partial charge in [-0.2, -0.15) is 0 Å². The molecule has 0 aliphatic heterocycles. The van der Waals surface area contributed by atoms with Crippen LogP contribution in [-0.2, 0) is 13.6 Å². The minimum atomic E-state index is -0.262. The van der Waals surface area contributed by atoms with Crippen LogP contribution in [0, 0.1) is 5.82 Å². The number of nitrogens with zero attached hydrogens (tertiary/aromatic N) is 2. The van der Waals surface area contributed by atoms with Gasteiger partial charge < -0.3 is 9.13 Å². The fraction of sp³-hybridized carbons (Fsp3) is 0.133. The number of carbonyl (C=O) groups is 1. The number of aryl methyl sites for hydroxylation is 1. The Labute approximate surface area is 109 Å². The van der Waals surface area contributed by atoms with E-state index in [4.69, 9.17) is 0 Å². The summed E-state index contributed by atoms with van der Waals surface area (Å²) in [6.45, 7) is 0.213. The number of fused-ring (bicyclic) bond motifs is 1. The van der Waals surface area contributed by atoms with Crippen molar-refractivity contribution in [1.29, 1.82) is 0 Å². The average Bonchev–Trinajstić information content (AvgIpc) is 2.97. The molecule has 0 fully saturated rings. The zero-order valence-corrected chi connectivity index (χ0v) is 10.5. The fourth-order valence-electron chi connectivity index (χ4n) is 2.31. The summed E-state index contributed by atoms with van der Waals surface area (Å²) in [4.78, 5) is 12.2. The topological polar surface area (TPSA) is 26.9 Å². The minimum Gasteiger partial charge on any atom is -0.348 e. The summed E-state index contributed by atoms with van der Waals surface area (Å²) in [6.07, 6.45) is 3.58. The summed E-state index contributed by atoms with van der Waals surface area (Å²) in [7, 11) is 1.83. The van der Waals surface area contributed by atoms with E-state index in [-0.39, 0.29) is 18.1 Å². The Morgan fingerprint density at radius 2 is 2.00 bits per heavy atom. The number of rotatable bonds is 3. The van der Waals surface area contributed by atoms with Gasteiger partial charge >= 0.3 is 0 Å². The molecule has 2 aromatic heterocycles. The second-order valence-electron chi connectivity index (χ2n) is 4.54. The third-order valence-electron chi connectivity index (χ3n) is 3.30. The largest absolute Gasteiger partial charge is 0.348 e. The van der Waals surface area contributed by atoms with Crippen LogP contribution in [0.3, 0.4) is 0 Å². The number of aromatic nitrogens is 2. The summed E-state index contributed by atoms with van der Waals surface area (Å²) < 4.78 is 17.1. The van der Waals surface area contributed by atoms with Crippen LogP contribution in [0.5, 0.6) is 0 Å². The second-order valence-corrected chi connectivity index (χ2v) is 4.54. The van der Waals surface area contributed by atoms with Crippen molar-refractivity contribution in [1.82, 2.24) is 9.13 Å². The van der Waals surface area contributed by atoms with Crippen LogP contribution in [0.25, 0.3) is 10.9 Å². The maximum atomic E-state index is 13.6. The van der Waals surface area contributed by atoms with E-state index in [9.17, 15) is 9.18 Å². The highest BCUT2D eigenvalue weighted by Gasteiger charge is 2.12. The van der Waals surface area contributed by atoms with Gasteiger partial charge in [-0.3, -0.25) is 4.79 Å². The number of hydrogen-bond donors (Lipinski definition) is 0. The Morgan fingerprint density at radius 1 is 1.16 bits per heavy atom. The number of halogens is 1. The first-order chi connectivity index (χ1) is 9.16. The first kappa shape index (κ1) is 11.7. The minimum absolute atomic E-state index is 0.00858. The van der Waals surface area contributed by atoms with Crippen molar-refractivity contribution >= 4 is 16.7 Å². The van der Waals surface area contributed by atoms with E-state index >= 15 is 0 Å². The molecule has 0 N–H and O–H groups in total. The van der Waals surface area contributed by atoms with Gasteiger partial charge in [-0.05, 0) is 30.3 Å². The molecule has 1 aromatic carbocycles. The van der Waals surface area contributed by atoms with Crippen LogP contribution in [0.15, 0.2) is 48.8 Å². The molecule has 3 nitrogen and oxygen atoms in total. The van der Waals surface area contributed by atoms with Gasteiger partial charge in [0.2, 0.25) is 0 Å². The maximum Gasteiger partial charge on any atom is 0.198 e. The molecule has 0 aliphatic carbocycles. The van der Waals surface area contributed by atoms with Gasteiger partial charge in [0.15, 0.2) is 5.78 Å². The Kier molecular flexibility index (Phi) is 2.71. The average molecular weight is 256 g/mol. The van der Waals surface area contributed by atoms with Gasteiger partial charge in [-0.1, -0.05) is 6.07 Å². The van der Waals surface area contributed by atoms with E-state index < -0.39 is 0 Å². The Bertz CT molecular complexity index is 754. The number of Topliss-reactive ketones (excluding diaryl/α,β-unsaturated/α-hetero) is 1. The van der Waals surface area contributed by atoms with Crippen LogP contribution >= 0.6 is 0 Å². The molecule has 0 bridgehead atoms. The van der Waals surface area contributed by atoms with Gasteiger partial charge in [0.1, 0.15) is 5.82 Å². The standard InChI is InChI=1S/C15H13FN2O/c1-17-8-3-6-14(17)15(19)10-18-9-7-11-12(16)4-2-5-13(11)18/h2-9H,10H2,1H3. The van der Waals surface area contributed by atoms with Crippen molar-refractivity contribution in [2.75, 3.05) is 0 Å². The number of ketones is 1. The first-order valence-corrected chi connectivity index (χ1v) is 6.05. The molecule has 0 spiro atoms. The lowest BCUT2D eigenvalue weighted by Crippen LogP contribution is -2.12. The first-order valence-electron chi connectivity index (χ1n) is 6.05. The molecule has 96 valence electrons. The summed E-state index contributed by atoms with van der Waals surface area (Å²) in [6, 6.07) is 10.2. The van der Waals surface area contributed by atoms with Gasteiger partial charge in [0.25, 0.3) is 0 Å². The van der Waals surface area contributed by atoms with E-state index in [1.165, 1.54) is 6.07 Å². The van der Waals surface area contributed by atoms with Crippen LogP contribution in [-0.4, -0.2) is 14.9 Å². The molecule has 0 saturated heterocycles. The van der Waals surface area contributed by atoms with E-state index in [1.807, 2.05) is 25.4 Å². The Hall–Kier alpha value is -2.36. The normalized spacial score (nSPS) is 11.1. The van der Waals surface area contributed by atoms with E-state index in [1.54, 1.807) is 33.5 Å². The summed E-state index contributed by atoms with van der Waals surface area (Å²) >= 11 is 0. The van der Waals surface area contributed by atoms with Crippen molar-refractivity contribution in [3.8, 4) is 0 Å². The van der Waals surface area contributed by atoms with Gasteiger partial charge in [-0.25, -0.2) is 4.39 Å². The van der Waals surface area contributed by atoms with Crippen molar-refractivity contribution in [3.63, 3.8) is 0 Å². The highest BCUT2D eigenvalue weighted by Crippen LogP contribution is 2.19. The lowest BCUT2D eigenvalue weighted by molar-refractivity contribution is 0.0965. The van der Waals surface area contributed by atoms with E-state index in [0.29, 0.717) is 11.1 Å². The molecule has 3 aromatic rings. The maximum absolute atomic E-state index is 13.6. The third-order valence-corrected chi connectivity index (χ3v) is 3.30. The molecule has 0 saturated carbocycles. The van der Waals surface area contributed by atoms with Gasteiger partial charge in [0.05, 0.1) is 17.8 Å². The zero-order chi connectivity index (χ0) is 13.4. The molecular weight excluding hydrogens is 243 g/mol. The molecular formula is C15H13FN2O. The van der Waals surface area contributed by atoms with E-state index in [2.05, 4.69) is 0 Å². The zero-order valence-electron chi connectivity index (χ0n) is 10.5. The van der Waals surface area contributed by atoms with Crippen molar-refractivity contribution < 1.29 is 9.18 Å². The quantitative estimate of drug-likeness (QED) is 0.662. The lowest BCUT2D eigenvalue weighted by atomic mass is 10.2. The summed E-state index contributed by atoms with van der Waals surface area (Å²) in [5, 5.41) is 0.544. The third kappa shape index (κ3) is 1.95. The molecule has 2 heterocycles. The summed E-state index contributed by atoms with van der Waals surface area (Å²) in [5.74, 6) is -0.253. The molecule has 4 heteroatoms. The SMILES string of the molecule is Cn1cccc1C(=O)Cn1ccc2c(F)cccc21. The summed E-state index contributed by atoms with van der Waals surface area (Å²) in [5.41, 5.74) is 1.39. The van der Waals surface area contributed by atoms with Crippen molar-refractivity contribution in [2.24, 2.45) is 7.05 Å². The molecule has 0 atom stereocenters. The molecule has 3 rings (SSSR count). The predicted molar refractivity (Wildman–Crippen MR) is 71.6 cm³/mol. The fourth-order valence-corrected chi connectivity index (χ4v) is 2.31. The highest BCUT2D eigenvalue weighted by molar-refractivity contribution is 5.95. The van der Waals surface area contributed by atoms with Crippen molar-refractivity contribution in [3.05, 3.63) is 60.3 Å². The second kappa shape index (κ2) is 4.39.